The van der Waals surface area contributed by atoms with Crippen molar-refractivity contribution in [3.8, 4) is 0 Å². The lowest BCUT2D eigenvalue weighted by atomic mass is 10.3. The molecule has 3 N–H and O–H groups in total. The second kappa shape index (κ2) is 7.25. The van der Waals surface area contributed by atoms with Crippen LogP contribution in [0.25, 0.3) is 0 Å². The first-order chi connectivity index (χ1) is 10.1. The van der Waals surface area contributed by atoms with E-state index in [1.165, 1.54) is 12.4 Å². The highest BCUT2D eigenvalue weighted by Gasteiger charge is 2.15. The van der Waals surface area contributed by atoms with Gasteiger partial charge in [-0.2, -0.15) is 5.10 Å². The Morgan fingerprint density at radius 3 is 2.71 bits per heavy atom. The monoisotopic (exact) mass is 310 g/mol. The number of hydrogen-bond acceptors (Lipinski definition) is 6. The zero-order valence-electron chi connectivity index (χ0n) is 11.7. The molecule has 0 amide bonds. The molecular weight excluding hydrogens is 292 g/mol. The second-order valence-electron chi connectivity index (χ2n) is 4.44. The van der Waals surface area contributed by atoms with Gasteiger partial charge in [-0.3, -0.25) is 5.10 Å². The van der Waals surface area contributed by atoms with Gasteiger partial charge in [-0.15, -0.1) is 0 Å². The van der Waals surface area contributed by atoms with Crippen molar-refractivity contribution < 1.29 is 8.42 Å². The van der Waals surface area contributed by atoms with Crippen LogP contribution in [-0.4, -0.2) is 35.1 Å². The van der Waals surface area contributed by atoms with E-state index >= 15 is 0 Å². The van der Waals surface area contributed by atoms with E-state index in [0.717, 1.165) is 18.5 Å². The van der Waals surface area contributed by atoms with Crippen molar-refractivity contribution in [3.63, 3.8) is 0 Å². The third-order valence-corrected chi connectivity index (χ3v) is 4.04. The molecule has 8 nitrogen and oxygen atoms in total. The first-order valence-electron chi connectivity index (χ1n) is 6.61. The van der Waals surface area contributed by atoms with Gasteiger partial charge >= 0.3 is 0 Å². The summed E-state index contributed by atoms with van der Waals surface area (Å²) in [6, 6.07) is 3.24. The standard InChI is InChI=1S/C12H18N6O2S/c1-2-5-13-6-10-3-4-12(14-7-10)21(19,20)17-8-11-15-9-16-18-11/h3-4,7,9,13,17H,2,5-6,8H2,1H3,(H,15,16,18). The van der Waals surface area contributed by atoms with E-state index in [9.17, 15) is 8.42 Å². The summed E-state index contributed by atoms with van der Waals surface area (Å²) < 4.78 is 26.5. The van der Waals surface area contributed by atoms with Gasteiger partial charge in [0.05, 0.1) is 6.54 Å². The Bertz CT molecular complexity index is 639. The summed E-state index contributed by atoms with van der Waals surface area (Å²) in [5, 5.41) is 9.45. The molecule has 114 valence electrons. The predicted octanol–water partition coefficient (Wildman–Crippen LogP) is 0.178. The van der Waals surface area contributed by atoms with Gasteiger partial charge in [-0.1, -0.05) is 13.0 Å². The SMILES string of the molecule is CCCNCc1ccc(S(=O)(=O)NCc2ncn[nH]2)nc1. The number of sulfonamides is 1. The number of nitrogens with one attached hydrogen (secondary N) is 3. The summed E-state index contributed by atoms with van der Waals surface area (Å²) in [7, 11) is -3.65. The molecule has 2 aromatic heterocycles. The van der Waals surface area contributed by atoms with E-state index in [2.05, 4.69) is 37.1 Å². The number of H-pyrrole nitrogens is 1. The quantitative estimate of drug-likeness (QED) is 0.599. The highest BCUT2D eigenvalue weighted by Crippen LogP contribution is 2.07. The van der Waals surface area contributed by atoms with E-state index in [0.29, 0.717) is 12.4 Å². The van der Waals surface area contributed by atoms with Crippen LogP contribution in [0, 0.1) is 0 Å². The van der Waals surface area contributed by atoms with Crippen LogP contribution in [0.3, 0.4) is 0 Å². The summed E-state index contributed by atoms with van der Waals surface area (Å²) in [6.07, 6.45) is 3.93. The van der Waals surface area contributed by atoms with Gasteiger partial charge in [-0.25, -0.2) is 23.1 Å². The molecular formula is C12H18N6O2S. The molecule has 0 unspecified atom stereocenters. The number of rotatable bonds is 8. The maximum Gasteiger partial charge on any atom is 0.258 e. The highest BCUT2D eigenvalue weighted by atomic mass is 32.2. The average Bonchev–Trinajstić information content (AvgIpc) is 3.00. The predicted molar refractivity (Wildman–Crippen MR) is 76.6 cm³/mol. The van der Waals surface area contributed by atoms with Crippen LogP contribution in [0.2, 0.25) is 0 Å². The highest BCUT2D eigenvalue weighted by molar-refractivity contribution is 7.89. The number of aromatic amines is 1. The Kier molecular flexibility index (Phi) is 5.37. The lowest BCUT2D eigenvalue weighted by molar-refractivity contribution is 0.575. The van der Waals surface area contributed by atoms with Gasteiger partial charge in [0.2, 0.25) is 0 Å². The molecule has 0 fully saturated rings. The van der Waals surface area contributed by atoms with Crippen LogP contribution in [0.4, 0.5) is 0 Å². The molecule has 9 heteroatoms. The zero-order valence-corrected chi connectivity index (χ0v) is 12.5. The molecule has 2 aromatic rings. The van der Waals surface area contributed by atoms with Crippen LogP contribution in [0.5, 0.6) is 0 Å². The fourth-order valence-electron chi connectivity index (χ4n) is 1.64. The van der Waals surface area contributed by atoms with Gasteiger partial charge in [0.1, 0.15) is 12.2 Å². The largest absolute Gasteiger partial charge is 0.313 e. The number of nitrogens with zero attached hydrogens (tertiary/aromatic N) is 3. The van der Waals surface area contributed by atoms with E-state index in [1.54, 1.807) is 12.3 Å². The van der Waals surface area contributed by atoms with E-state index < -0.39 is 10.0 Å². The van der Waals surface area contributed by atoms with Crippen LogP contribution < -0.4 is 10.0 Å². The van der Waals surface area contributed by atoms with Gasteiger partial charge in [-0.05, 0) is 24.6 Å². The second-order valence-corrected chi connectivity index (χ2v) is 6.15. The van der Waals surface area contributed by atoms with Crippen molar-refractivity contribution in [3.05, 3.63) is 36.0 Å². The zero-order chi connectivity index (χ0) is 15.1. The van der Waals surface area contributed by atoms with E-state index in [-0.39, 0.29) is 11.6 Å². The summed E-state index contributed by atoms with van der Waals surface area (Å²) in [5.41, 5.74) is 0.942. The Hall–Kier alpha value is -1.84. The van der Waals surface area contributed by atoms with Crippen molar-refractivity contribution in [1.82, 2.24) is 30.2 Å². The van der Waals surface area contributed by atoms with Crippen molar-refractivity contribution in [2.75, 3.05) is 6.54 Å². The Labute approximate surface area is 123 Å². The van der Waals surface area contributed by atoms with Crippen molar-refractivity contribution in [2.24, 2.45) is 0 Å². The van der Waals surface area contributed by atoms with E-state index in [1.807, 2.05) is 0 Å². The van der Waals surface area contributed by atoms with Crippen molar-refractivity contribution >= 4 is 10.0 Å². The summed E-state index contributed by atoms with van der Waals surface area (Å²) in [5.74, 6) is 0.443. The molecule has 0 aliphatic rings. The lowest BCUT2D eigenvalue weighted by Gasteiger charge is -2.06. The summed E-state index contributed by atoms with van der Waals surface area (Å²) in [6.45, 7) is 3.72. The molecule has 2 heterocycles. The Morgan fingerprint density at radius 1 is 1.24 bits per heavy atom. The van der Waals surface area contributed by atoms with Crippen LogP contribution in [-0.2, 0) is 23.1 Å². The van der Waals surface area contributed by atoms with Gasteiger partial charge in [0, 0.05) is 12.7 Å². The van der Waals surface area contributed by atoms with Crippen LogP contribution in [0.15, 0.2) is 29.7 Å². The maximum atomic E-state index is 12.0. The van der Waals surface area contributed by atoms with Crippen molar-refractivity contribution in [2.45, 2.75) is 31.5 Å². The first-order valence-corrected chi connectivity index (χ1v) is 8.09. The molecule has 0 aromatic carbocycles. The molecule has 0 bridgehead atoms. The number of aromatic nitrogens is 4. The smallest absolute Gasteiger partial charge is 0.258 e. The Morgan fingerprint density at radius 2 is 2.10 bits per heavy atom. The van der Waals surface area contributed by atoms with Gasteiger partial charge in [0.25, 0.3) is 10.0 Å². The third kappa shape index (κ3) is 4.59. The number of hydrogen-bond donors (Lipinski definition) is 3. The molecule has 0 atom stereocenters. The minimum atomic E-state index is -3.65. The molecule has 0 spiro atoms. The average molecular weight is 310 g/mol. The summed E-state index contributed by atoms with van der Waals surface area (Å²) in [4.78, 5) is 7.84. The molecule has 0 saturated heterocycles. The minimum Gasteiger partial charge on any atom is -0.313 e. The van der Waals surface area contributed by atoms with Crippen LogP contribution >= 0.6 is 0 Å². The topological polar surface area (TPSA) is 113 Å². The maximum absolute atomic E-state index is 12.0. The molecule has 0 aliphatic carbocycles. The molecule has 0 saturated carbocycles. The van der Waals surface area contributed by atoms with E-state index in [4.69, 9.17) is 0 Å². The molecule has 21 heavy (non-hydrogen) atoms. The molecule has 0 radical (unpaired) electrons. The summed E-state index contributed by atoms with van der Waals surface area (Å²) >= 11 is 0. The number of pyridine rings is 1. The fraction of sp³-hybridized carbons (Fsp3) is 0.417. The Balaban J connectivity index is 1.96. The third-order valence-electron chi connectivity index (χ3n) is 2.72. The van der Waals surface area contributed by atoms with Gasteiger partial charge in [0.15, 0.2) is 5.03 Å². The van der Waals surface area contributed by atoms with Crippen LogP contribution in [0.1, 0.15) is 24.7 Å². The lowest BCUT2D eigenvalue weighted by Crippen LogP contribution is -2.25. The fourth-order valence-corrected chi connectivity index (χ4v) is 2.55. The van der Waals surface area contributed by atoms with Crippen molar-refractivity contribution in [1.29, 1.82) is 0 Å². The normalized spacial score (nSPS) is 11.7. The van der Waals surface area contributed by atoms with Gasteiger partial charge < -0.3 is 5.32 Å². The molecule has 2 rings (SSSR count). The minimum absolute atomic E-state index is 0.0127. The molecule has 0 aliphatic heterocycles. The first kappa shape index (κ1) is 15.5.